The molecule has 1 aromatic heterocycles. The van der Waals surface area contributed by atoms with E-state index in [2.05, 4.69) is 45.5 Å². The molecule has 0 saturated carbocycles. The molecular weight excluding hydrogens is 462 g/mol. The predicted molar refractivity (Wildman–Crippen MR) is 137 cm³/mol. The maximum atomic E-state index is 12.9. The number of hydrogen-bond acceptors (Lipinski definition) is 6. The van der Waals surface area contributed by atoms with Crippen molar-refractivity contribution in [2.75, 3.05) is 39.3 Å². The molecule has 0 bridgehead atoms. The van der Waals surface area contributed by atoms with Crippen LogP contribution in [0.2, 0.25) is 0 Å². The zero-order valence-corrected chi connectivity index (χ0v) is 21.4. The number of rotatable bonds is 8. The molecule has 3 amide bonds. The molecule has 0 unspecified atom stereocenters. The molecule has 4 rings (SSSR count). The minimum Gasteiger partial charge on any atom is -0.450 e. The molecule has 3 heterocycles. The minimum absolute atomic E-state index is 0.0296. The van der Waals surface area contributed by atoms with Gasteiger partial charge in [0.2, 0.25) is 0 Å². The normalized spacial score (nSPS) is 17.5. The molecule has 190 valence electrons. The summed E-state index contributed by atoms with van der Waals surface area (Å²) in [7, 11) is 0. The fourth-order valence-corrected chi connectivity index (χ4v) is 5.58. The van der Waals surface area contributed by atoms with E-state index in [0.29, 0.717) is 25.6 Å². The third-order valence-corrected chi connectivity index (χ3v) is 7.62. The number of carbonyl (C=O) groups excluding carboxylic acids is 2. The zero-order chi connectivity index (χ0) is 24.5. The van der Waals surface area contributed by atoms with Crippen molar-refractivity contribution in [1.29, 1.82) is 0 Å². The molecule has 35 heavy (non-hydrogen) atoms. The van der Waals surface area contributed by atoms with Crippen molar-refractivity contribution < 1.29 is 14.3 Å². The highest BCUT2D eigenvalue weighted by atomic mass is 32.1. The van der Waals surface area contributed by atoms with Gasteiger partial charge in [0.1, 0.15) is 5.01 Å². The van der Waals surface area contributed by atoms with Gasteiger partial charge in [-0.1, -0.05) is 30.3 Å². The Bertz CT molecular complexity index is 910. The first-order chi connectivity index (χ1) is 17.1. The maximum absolute atomic E-state index is 12.9. The van der Waals surface area contributed by atoms with E-state index in [9.17, 15) is 9.59 Å². The van der Waals surface area contributed by atoms with Crippen molar-refractivity contribution in [1.82, 2.24) is 25.0 Å². The number of likely N-dealkylation sites (tertiary alicyclic amines) is 2. The topological polar surface area (TPSA) is 78.0 Å². The number of ether oxygens (including phenoxy) is 1. The van der Waals surface area contributed by atoms with Crippen LogP contribution in [0, 0.1) is 5.92 Å². The molecule has 0 radical (unpaired) electrons. The van der Waals surface area contributed by atoms with Gasteiger partial charge in [-0.05, 0) is 44.1 Å². The van der Waals surface area contributed by atoms with Crippen molar-refractivity contribution in [3.63, 3.8) is 0 Å². The van der Waals surface area contributed by atoms with Crippen LogP contribution in [-0.2, 0) is 17.8 Å². The molecule has 2 fully saturated rings. The Balaban J connectivity index is 1.22. The predicted octanol–water partition coefficient (Wildman–Crippen LogP) is 4.19. The Labute approximate surface area is 212 Å². The molecule has 2 aromatic rings. The number of thiazole rings is 1. The monoisotopic (exact) mass is 499 g/mol. The van der Waals surface area contributed by atoms with Gasteiger partial charge in [-0.3, -0.25) is 4.90 Å². The van der Waals surface area contributed by atoms with E-state index in [1.54, 1.807) is 16.2 Å². The number of aromatic nitrogens is 1. The standard InChI is InChI=1S/C26H37N5O3S/c1-2-34-26(33)31-15-10-23(11-16-31)28-25(32)30-13-8-22(9-14-30)19-29(20-24-27-12-17-35-24)18-21-6-4-3-5-7-21/h3-7,12,17,22-23H,2,8-11,13-16,18-20H2,1H3,(H,28,32). The van der Waals surface area contributed by atoms with Gasteiger partial charge >= 0.3 is 12.1 Å². The van der Waals surface area contributed by atoms with Crippen molar-refractivity contribution in [2.45, 2.75) is 51.7 Å². The van der Waals surface area contributed by atoms with Gasteiger partial charge < -0.3 is 19.9 Å². The Kier molecular flexibility index (Phi) is 9.36. The molecule has 0 aliphatic carbocycles. The molecule has 1 N–H and O–H groups in total. The molecule has 0 spiro atoms. The van der Waals surface area contributed by atoms with E-state index in [1.807, 2.05) is 23.4 Å². The second-order valence-electron chi connectivity index (χ2n) is 9.42. The lowest BCUT2D eigenvalue weighted by molar-refractivity contribution is 0.0944. The summed E-state index contributed by atoms with van der Waals surface area (Å²) in [5.74, 6) is 0.565. The average Bonchev–Trinajstić information content (AvgIpc) is 3.39. The van der Waals surface area contributed by atoms with Gasteiger partial charge in [-0.25, -0.2) is 14.6 Å². The zero-order valence-electron chi connectivity index (χ0n) is 20.6. The van der Waals surface area contributed by atoms with Gasteiger partial charge in [0.25, 0.3) is 0 Å². The number of piperidine rings is 2. The van der Waals surface area contributed by atoms with Gasteiger partial charge in [0.05, 0.1) is 13.2 Å². The summed E-state index contributed by atoms with van der Waals surface area (Å²) in [5, 5.41) is 6.37. The smallest absolute Gasteiger partial charge is 0.409 e. The highest BCUT2D eigenvalue weighted by Crippen LogP contribution is 2.22. The van der Waals surface area contributed by atoms with Crippen LogP contribution in [0.1, 0.15) is 43.2 Å². The van der Waals surface area contributed by atoms with Crippen LogP contribution in [-0.4, -0.2) is 77.2 Å². The second-order valence-corrected chi connectivity index (χ2v) is 10.4. The molecule has 2 aliphatic rings. The van der Waals surface area contributed by atoms with E-state index in [0.717, 1.165) is 63.4 Å². The van der Waals surface area contributed by atoms with Gasteiger partial charge in [-0.15, -0.1) is 11.3 Å². The number of carbonyl (C=O) groups is 2. The minimum atomic E-state index is -0.254. The Morgan fingerprint density at radius 1 is 1.06 bits per heavy atom. The lowest BCUT2D eigenvalue weighted by Crippen LogP contribution is -2.52. The number of nitrogens with one attached hydrogen (secondary N) is 1. The van der Waals surface area contributed by atoms with Gasteiger partial charge in [0.15, 0.2) is 0 Å². The number of nitrogens with zero attached hydrogens (tertiary/aromatic N) is 4. The summed E-state index contributed by atoms with van der Waals surface area (Å²) in [4.78, 5) is 35.4. The molecule has 9 heteroatoms. The Morgan fingerprint density at radius 3 is 2.43 bits per heavy atom. The van der Waals surface area contributed by atoms with Crippen molar-refractivity contribution >= 4 is 23.5 Å². The Morgan fingerprint density at radius 2 is 1.77 bits per heavy atom. The first-order valence-corrected chi connectivity index (χ1v) is 13.6. The maximum Gasteiger partial charge on any atom is 0.409 e. The van der Waals surface area contributed by atoms with E-state index in [1.165, 1.54) is 5.56 Å². The number of hydrogen-bond donors (Lipinski definition) is 1. The van der Waals surface area contributed by atoms with E-state index >= 15 is 0 Å². The fraction of sp³-hybridized carbons (Fsp3) is 0.577. The molecule has 0 atom stereocenters. The first-order valence-electron chi connectivity index (χ1n) is 12.7. The van der Waals surface area contributed by atoms with Crippen molar-refractivity contribution in [3.05, 3.63) is 52.5 Å². The largest absolute Gasteiger partial charge is 0.450 e. The second kappa shape index (κ2) is 12.9. The molecular formula is C26H37N5O3S. The van der Waals surface area contributed by atoms with E-state index in [-0.39, 0.29) is 18.2 Å². The summed E-state index contributed by atoms with van der Waals surface area (Å²) in [5.41, 5.74) is 1.31. The fourth-order valence-electron chi connectivity index (χ4n) is 4.92. The quantitative estimate of drug-likeness (QED) is 0.589. The third kappa shape index (κ3) is 7.67. The van der Waals surface area contributed by atoms with Crippen LogP contribution in [0.15, 0.2) is 41.9 Å². The highest BCUT2D eigenvalue weighted by molar-refractivity contribution is 7.09. The number of amides is 3. The lowest BCUT2D eigenvalue weighted by Gasteiger charge is -2.37. The van der Waals surface area contributed by atoms with Crippen molar-refractivity contribution in [2.24, 2.45) is 5.92 Å². The molecule has 2 saturated heterocycles. The van der Waals surface area contributed by atoms with Crippen LogP contribution >= 0.6 is 11.3 Å². The lowest BCUT2D eigenvalue weighted by atomic mass is 9.96. The SMILES string of the molecule is CCOC(=O)N1CCC(NC(=O)N2CCC(CN(Cc3ccccc3)Cc3nccs3)CC2)CC1. The summed E-state index contributed by atoms with van der Waals surface area (Å²) < 4.78 is 5.08. The summed E-state index contributed by atoms with van der Waals surface area (Å²) in [6, 6.07) is 10.7. The Hall–Kier alpha value is -2.65. The van der Waals surface area contributed by atoms with Crippen LogP contribution < -0.4 is 5.32 Å². The molecule has 8 nitrogen and oxygen atoms in total. The average molecular weight is 500 g/mol. The highest BCUT2D eigenvalue weighted by Gasteiger charge is 2.28. The van der Waals surface area contributed by atoms with Crippen LogP contribution in [0.3, 0.4) is 0 Å². The number of urea groups is 1. The molecule has 2 aliphatic heterocycles. The summed E-state index contributed by atoms with van der Waals surface area (Å²) in [6.07, 6.45) is 5.18. The van der Waals surface area contributed by atoms with Gasteiger partial charge in [-0.2, -0.15) is 0 Å². The first kappa shape index (κ1) is 25.4. The summed E-state index contributed by atoms with van der Waals surface area (Å²) in [6.45, 7) is 7.81. The van der Waals surface area contributed by atoms with Crippen LogP contribution in [0.4, 0.5) is 9.59 Å². The summed E-state index contributed by atoms with van der Waals surface area (Å²) >= 11 is 1.71. The molecule has 1 aromatic carbocycles. The van der Waals surface area contributed by atoms with E-state index in [4.69, 9.17) is 4.74 Å². The van der Waals surface area contributed by atoms with E-state index < -0.39 is 0 Å². The number of benzene rings is 1. The van der Waals surface area contributed by atoms with Crippen molar-refractivity contribution in [3.8, 4) is 0 Å². The third-order valence-electron chi connectivity index (χ3n) is 6.86. The van der Waals surface area contributed by atoms with Crippen LogP contribution in [0.5, 0.6) is 0 Å². The van der Waals surface area contributed by atoms with Gasteiger partial charge in [0, 0.05) is 56.9 Å². The van der Waals surface area contributed by atoms with Crippen LogP contribution in [0.25, 0.3) is 0 Å².